The molecule has 0 aromatic heterocycles. The molecule has 2 N–H and O–H groups in total. The second kappa shape index (κ2) is 7.38. The van der Waals surface area contributed by atoms with E-state index in [4.69, 9.17) is 0 Å². The number of rotatable bonds is 8. The van der Waals surface area contributed by atoms with Crippen LogP contribution in [0.2, 0.25) is 0 Å². The lowest BCUT2D eigenvalue weighted by Gasteiger charge is -2.26. The highest BCUT2D eigenvalue weighted by Gasteiger charge is 2.61. The fourth-order valence-electron chi connectivity index (χ4n) is 2.91. The molecule has 1 rings (SSSR count). The Balaban J connectivity index is 2.54. The van der Waals surface area contributed by atoms with Crippen molar-refractivity contribution < 1.29 is 9.59 Å². The van der Waals surface area contributed by atoms with Gasteiger partial charge in [-0.1, -0.05) is 41.2 Å². The summed E-state index contributed by atoms with van der Waals surface area (Å²) < 4.78 is 0. The molecule has 1 saturated carbocycles. The Bertz CT molecular complexity index is 540. The lowest BCUT2D eigenvalue weighted by atomic mass is 9.81. The fraction of sp³-hybridized carbons (Fsp3) is 0.737. The summed E-state index contributed by atoms with van der Waals surface area (Å²) in [6.07, 6.45) is 3.48. The molecule has 5 nitrogen and oxygen atoms in total. The molecule has 2 amide bonds. The predicted molar refractivity (Wildman–Crippen MR) is 94.8 cm³/mol. The zero-order chi connectivity index (χ0) is 18.6. The van der Waals surface area contributed by atoms with Crippen LogP contribution in [-0.2, 0) is 9.59 Å². The van der Waals surface area contributed by atoms with Crippen LogP contribution >= 0.6 is 0 Å². The molecule has 0 radical (unpaired) electrons. The predicted octanol–water partition coefficient (Wildman–Crippen LogP) is 2.79. The van der Waals surface area contributed by atoms with E-state index in [2.05, 4.69) is 57.9 Å². The minimum atomic E-state index is -0.868. The Morgan fingerprint density at radius 3 is 2.42 bits per heavy atom. The Labute approximate surface area is 145 Å². The van der Waals surface area contributed by atoms with Crippen LogP contribution in [0.5, 0.6) is 0 Å². The Kier molecular flexibility index (Phi) is 6.21. The van der Waals surface area contributed by atoms with Gasteiger partial charge < -0.3 is 10.6 Å². The fourth-order valence-corrected chi connectivity index (χ4v) is 2.91. The summed E-state index contributed by atoms with van der Waals surface area (Å²) in [4.78, 5) is 23.6. The molecule has 5 heteroatoms. The van der Waals surface area contributed by atoms with Crippen molar-refractivity contribution in [1.82, 2.24) is 10.6 Å². The topological polar surface area (TPSA) is 82.0 Å². The molecule has 1 aliphatic rings. The second-order valence-electron chi connectivity index (χ2n) is 8.84. The van der Waals surface area contributed by atoms with E-state index >= 15 is 0 Å². The first-order chi connectivity index (χ1) is 11.0. The van der Waals surface area contributed by atoms with Crippen molar-refractivity contribution in [2.75, 3.05) is 13.1 Å². The Morgan fingerprint density at radius 1 is 1.29 bits per heavy atom. The van der Waals surface area contributed by atoms with Gasteiger partial charge in [0.1, 0.15) is 5.41 Å². The van der Waals surface area contributed by atoms with Crippen molar-refractivity contribution in [2.24, 2.45) is 22.2 Å². The lowest BCUT2D eigenvalue weighted by Crippen LogP contribution is -2.38. The molecule has 1 aliphatic carbocycles. The van der Waals surface area contributed by atoms with Gasteiger partial charge >= 0.3 is 0 Å². The number of carbonyl (C=O) groups is 2. The monoisotopic (exact) mass is 333 g/mol. The van der Waals surface area contributed by atoms with Gasteiger partial charge in [-0.25, -0.2) is 0 Å². The second-order valence-corrected chi connectivity index (χ2v) is 8.84. The van der Waals surface area contributed by atoms with Gasteiger partial charge in [0, 0.05) is 13.1 Å². The van der Waals surface area contributed by atoms with E-state index in [1.165, 1.54) is 6.08 Å². The normalized spacial score (nSPS) is 23.1. The molecular weight excluding hydrogens is 302 g/mol. The van der Waals surface area contributed by atoms with Gasteiger partial charge in [0.15, 0.2) is 0 Å². The quantitative estimate of drug-likeness (QED) is 0.670. The van der Waals surface area contributed by atoms with Crippen molar-refractivity contribution in [2.45, 2.75) is 53.9 Å². The summed E-state index contributed by atoms with van der Waals surface area (Å²) in [5.74, 6) is -0.224. The Morgan fingerprint density at radius 2 is 1.92 bits per heavy atom. The third-order valence-corrected chi connectivity index (χ3v) is 4.57. The number of nitrogens with one attached hydrogen (secondary N) is 2. The van der Waals surface area contributed by atoms with Crippen molar-refractivity contribution in [3.05, 3.63) is 12.7 Å². The van der Waals surface area contributed by atoms with Gasteiger partial charge in [0.25, 0.3) is 0 Å². The molecule has 0 aliphatic heterocycles. The molecule has 0 bridgehead atoms. The molecular formula is C19H31N3O2. The summed E-state index contributed by atoms with van der Waals surface area (Å²) >= 11 is 0. The highest BCUT2D eigenvalue weighted by atomic mass is 16.2. The van der Waals surface area contributed by atoms with E-state index in [0.29, 0.717) is 19.5 Å². The molecule has 1 fully saturated rings. The molecule has 0 saturated heterocycles. The lowest BCUT2D eigenvalue weighted by molar-refractivity contribution is -0.125. The van der Waals surface area contributed by atoms with Crippen molar-refractivity contribution in [1.29, 1.82) is 5.26 Å². The standard InChI is InChI=1S/C19H31N3O2/c1-7-15(23)21-9-8-18(5,6)10-14-11-19(14,12-20)16(24)22-13-17(2,3)4/h7,14H,1,8-11,13H2,2-6H3,(H,21,23)(H,22,24). The van der Waals surface area contributed by atoms with E-state index in [0.717, 1.165) is 12.8 Å². The number of hydrogen-bond acceptors (Lipinski definition) is 3. The number of nitrogens with zero attached hydrogens (tertiary/aromatic N) is 1. The molecule has 24 heavy (non-hydrogen) atoms. The molecule has 0 heterocycles. The summed E-state index contributed by atoms with van der Waals surface area (Å²) in [5, 5.41) is 15.2. The van der Waals surface area contributed by atoms with Crippen LogP contribution < -0.4 is 10.6 Å². The molecule has 0 aromatic rings. The average molecular weight is 333 g/mol. The van der Waals surface area contributed by atoms with Crippen LogP contribution in [0.25, 0.3) is 0 Å². The van der Waals surface area contributed by atoms with E-state index in [1.807, 2.05) is 0 Å². The third-order valence-electron chi connectivity index (χ3n) is 4.57. The summed E-state index contributed by atoms with van der Waals surface area (Å²) in [5.41, 5.74) is -0.909. The van der Waals surface area contributed by atoms with Crippen LogP contribution in [0, 0.1) is 33.5 Å². The van der Waals surface area contributed by atoms with Crippen molar-refractivity contribution in [3.63, 3.8) is 0 Å². The molecule has 0 aromatic carbocycles. The van der Waals surface area contributed by atoms with Gasteiger partial charge in [-0.2, -0.15) is 5.26 Å². The first kappa shape index (κ1) is 20.2. The van der Waals surface area contributed by atoms with Crippen molar-refractivity contribution >= 4 is 11.8 Å². The molecule has 0 spiro atoms. The third kappa shape index (κ3) is 5.67. The van der Waals surface area contributed by atoms with Gasteiger partial charge in [-0.3, -0.25) is 9.59 Å². The number of hydrogen-bond donors (Lipinski definition) is 2. The zero-order valence-corrected chi connectivity index (χ0v) is 15.7. The van der Waals surface area contributed by atoms with Gasteiger partial charge in [-0.05, 0) is 42.1 Å². The molecule has 134 valence electrons. The van der Waals surface area contributed by atoms with Crippen molar-refractivity contribution in [3.8, 4) is 6.07 Å². The van der Waals surface area contributed by atoms with E-state index in [9.17, 15) is 14.9 Å². The maximum Gasteiger partial charge on any atom is 0.243 e. The molecule has 2 unspecified atom stereocenters. The maximum absolute atomic E-state index is 12.4. The SMILES string of the molecule is C=CC(=O)NCCC(C)(C)CC1CC1(C#N)C(=O)NCC(C)(C)C. The van der Waals surface area contributed by atoms with Crippen LogP contribution in [0.1, 0.15) is 53.9 Å². The number of amides is 2. The first-order valence-electron chi connectivity index (χ1n) is 8.56. The van der Waals surface area contributed by atoms with Crippen LogP contribution in [-0.4, -0.2) is 24.9 Å². The Hall–Kier alpha value is -1.83. The number of nitriles is 1. The zero-order valence-electron chi connectivity index (χ0n) is 15.7. The van der Waals surface area contributed by atoms with Crippen LogP contribution in [0.3, 0.4) is 0 Å². The van der Waals surface area contributed by atoms with Crippen LogP contribution in [0.15, 0.2) is 12.7 Å². The van der Waals surface area contributed by atoms with Crippen LogP contribution in [0.4, 0.5) is 0 Å². The smallest absolute Gasteiger partial charge is 0.243 e. The largest absolute Gasteiger partial charge is 0.354 e. The highest BCUT2D eigenvalue weighted by Crippen LogP contribution is 2.57. The minimum Gasteiger partial charge on any atom is -0.354 e. The van der Waals surface area contributed by atoms with Gasteiger partial charge in [0.05, 0.1) is 6.07 Å². The van der Waals surface area contributed by atoms with Gasteiger partial charge in [0.2, 0.25) is 11.8 Å². The minimum absolute atomic E-state index is 0.000672. The summed E-state index contributed by atoms with van der Waals surface area (Å²) in [7, 11) is 0. The summed E-state index contributed by atoms with van der Waals surface area (Å²) in [6, 6.07) is 2.25. The van der Waals surface area contributed by atoms with Gasteiger partial charge in [-0.15, -0.1) is 0 Å². The van der Waals surface area contributed by atoms with E-state index in [-0.39, 0.29) is 28.6 Å². The van der Waals surface area contributed by atoms with E-state index in [1.54, 1.807) is 0 Å². The average Bonchev–Trinajstić information content (AvgIpc) is 3.16. The first-order valence-corrected chi connectivity index (χ1v) is 8.56. The maximum atomic E-state index is 12.4. The van der Waals surface area contributed by atoms with E-state index < -0.39 is 5.41 Å². The highest BCUT2D eigenvalue weighted by molar-refractivity contribution is 5.89. The summed E-state index contributed by atoms with van der Waals surface area (Å²) in [6.45, 7) is 14.9. The molecule has 2 atom stereocenters. The number of carbonyl (C=O) groups excluding carboxylic acids is 2.